The topological polar surface area (TPSA) is 50.9 Å². The minimum Gasteiger partial charge on any atom is -0.399 e. The molecule has 3 nitrogen and oxygen atoms in total. The molecule has 2 aromatic carbocycles. The van der Waals surface area contributed by atoms with E-state index in [1.807, 2.05) is 30.5 Å². The van der Waals surface area contributed by atoms with Crippen LogP contribution >= 0.6 is 0 Å². The minimum atomic E-state index is 0.766. The van der Waals surface area contributed by atoms with Crippen molar-refractivity contribution in [3.8, 4) is 0 Å². The largest absolute Gasteiger partial charge is 0.399 e. The van der Waals surface area contributed by atoms with Gasteiger partial charge in [-0.2, -0.15) is 0 Å². The Hall–Kier alpha value is -2.55. The molecule has 0 radical (unpaired) electrons. The monoisotopic (exact) mass is 277 g/mol. The van der Waals surface area contributed by atoms with Gasteiger partial charge >= 0.3 is 0 Å². The first kappa shape index (κ1) is 13.4. The summed E-state index contributed by atoms with van der Waals surface area (Å²) in [5, 5.41) is 5.65. The van der Waals surface area contributed by atoms with Crippen LogP contribution in [0.5, 0.6) is 0 Å². The van der Waals surface area contributed by atoms with Crippen LogP contribution in [0.15, 0.2) is 42.6 Å². The lowest BCUT2D eigenvalue weighted by Gasteiger charge is -2.15. The molecule has 0 saturated heterocycles. The fraction of sp³-hybridized carbons (Fsp3) is 0.167. The van der Waals surface area contributed by atoms with Crippen molar-refractivity contribution in [1.82, 2.24) is 4.98 Å². The van der Waals surface area contributed by atoms with Gasteiger partial charge in [-0.1, -0.05) is 17.7 Å². The molecule has 1 heterocycles. The molecule has 21 heavy (non-hydrogen) atoms. The van der Waals surface area contributed by atoms with E-state index in [-0.39, 0.29) is 0 Å². The lowest BCUT2D eigenvalue weighted by atomic mass is 10.0. The van der Waals surface area contributed by atoms with E-state index in [2.05, 4.69) is 43.2 Å². The molecule has 0 fully saturated rings. The highest BCUT2D eigenvalue weighted by atomic mass is 15.0. The average Bonchev–Trinajstić information content (AvgIpc) is 2.42. The summed E-state index contributed by atoms with van der Waals surface area (Å²) in [7, 11) is 0. The van der Waals surface area contributed by atoms with Crippen molar-refractivity contribution in [2.45, 2.75) is 20.8 Å². The first-order valence-corrected chi connectivity index (χ1v) is 7.04. The molecule has 0 aliphatic rings. The first-order chi connectivity index (χ1) is 10.0. The van der Waals surface area contributed by atoms with E-state index < -0.39 is 0 Å². The van der Waals surface area contributed by atoms with E-state index in [1.165, 1.54) is 16.7 Å². The molecule has 0 spiro atoms. The molecule has 3 aromatic rings. The highest BCUT2D eigenvalue weighted by molar-refractivity contribution is 5.95. The molecule has 0 aliphatic heterocycles. The number of benzene rings is 2. The van der Waals surface area contributed by atoms with Crippen LogP contribution in [0.1, 0.15) is 16.7 Å². The molecule has 0 bridgehead atoms. The summed E-state index contributed by atoms with van der Waals surface area (Å²) in [4.78, 5) is 4.48. The van der Waals surface area contributed by atoms with Gasteiger partial charge in [-0.15, -0.1) is 0 Å². The lowest BCUT2D eigenvalue weighted by molar-refractivity contribution is 1.28. The Morgan fingerprint density at radius 3 is 2.38 bits per heavy atom. The molecule has 3 N–H and O–H groups in total. The van der Waals surface area contributed by atoms with Gasteiger partial charge < -0.3 is 11.1 Å². The second-order valence-electron chi connectivity index (χ2n) is 5.54. The molecular formula is C18H19N3. The molecule has 0 amide bonds. The van der Waals surface area contributed by atoms with Gasteiger partial charge in [0, 0.05) is 23.0 Å². The van der Waals surface area contributed by atoms with Gasteiger partial charge in [0.25, 0.3) is 0 Å². The van der Waals surface area contributed by atoms with Gasteiger partial charge in [-0.25, -0.2) is 4.98 Å². The number of aryl methyl sites for hydroxylation is 3. The molecule has 3 heteroatoms. The lowest BCUT2D eigenvalue weighted by Crippen LogP contribution is -2.00. The molecule has 0 unspecified atom stereocenters. The van der Waals surface area contributed by atoms with Gasteiger partial charge in [0.15, 0.2) is 0 Å². The summed E-state index contributed by atoms with van der Waals surface area (Å²) < 4.78 is 0. The summed E-state index contributed by atoms with van der Waals surface area (Å²) in [6, 6.07) is 12.2. The number of nitrogen functional groups attached to an aromatic ring is 1. The predicted molar refractivity (Wildman–Crippen MR) is 90.1 cm³/mol. The second-order valence-corrected chi connectivity index (χ2v) is 5.54. The molecule has 0 aliphatic carbocycles. The summed E-state index contributed by atoms with van der Waals surface area (Å²) in [5.41, 5.74) is 11.5. The maximum Gasteiger partial charge on any atom is 0.138 e. The SMILES string of the molecule is Cc1cc(C)c(Nc2nccc3cc(N)ccc23)c(C)c1. The van der Waals surface area contributed by atoms with E-state index in [9.17, 15) is 0 Å². The Bertz CT molecular complexity index is 799. The van der Waals surface area contributed by atoms with E-state index in [1.54, 1.807) is 0 Å². The molecular weight excluding hydrogens is 258 g/mol. The van der Waals surface area contributed by atoms with Crippen molar-refractivity contribution in [2.24, 2.45) is 0 Å². The van der Waals surface area contributed by atoms with Crippen LogP contribution in [0, 0.1) is 20.8 Å². The summed E-state index contributed by atoms with van der Waals surface area (Å²) in [5.74, 6) is 0.863. The van der Waals surface area contributed by atoms with E-state index in [0.717, 1.165) is 28.0 Å². The number of hydrogen-bond donors (Lipinski definition) is 2. The van der Waals surface area contributed by atoms with Crippen LogP contribution in [0.4, 0.5) is 17.2 Å². The smallest absolute Gasteiger partial charge is 0.138 e. The standard InChI is InChI=1S/C18H19N3/c1-11-8-12(2)17(13(3)9-11)21-18-16-5-4-15(19)10-14(16)6-7-20-18/h4-10H,19H2,1-3H3,(H,20,21). The zero-order valence-corrected chi connectivity index (χ0v) is 12.6. The second kappa shape index (κ2) is 5.09. The third kappa shape index (κ3) is 2.55. The third-order valence-electron chi connectivity index (χ3n) is 3.71. The number of fused-ring (bicyclic) bond motifs is 1. The maximum absolute atomic E-state index is 5.85. The van der Waals surface area contributed by atoms with Crippen LogP contribution in [0.3, 0.4) is 0 Å². The van der Waals surface area contributed by atoms with Gasteiger partial charge in [-0.3, -0.25) is 0 Å². The van der Waals surface area contributed by atoms with Crippen molar-refractivity contribution < 1.29 is 0 Å². The number of rotatable bonds is 2. The van der Waals surface area contributed by atoms with E-state index in [0.29, 0.717) is 0 Å². The number of hydrogen-bond acceptors (Lipinski definition) is 3. The average molecular weight is 277 g/mol. The van der Waals surface area contributed by atoms with Gasteiger partial charge in [0.1, 0.15) is 5.82 Å². The number of nitrogens with two attached hydrogens (primary N) is 1. The Balaban J connectivity index is 2.11. The Kier molecular flexibility index (Phi) is 3.26. The van der Waals surface area contributed by atoms with Crippen LogP contribution < -0.4 is 11.1 Å². The van der Waals surface area contributed by atoms with Crippen molar-refractivity contribution in [3.63, 3.8) is 0 Å². The van der Waals surface area contributed by atoms with Crippen molar-refractivity contribution in [1.29, 1.82) is 0 Å². The Labute approximate surface area is 124 Å². The molecule has 106 valence electrons. The zero-order chi connectivity index (χ0) is 15.0. The summed E-state index contributed by atoms with van der Waals surface area (Å²) >= 11 is 0. The highest BCUT2D eigenvalue weighted by Gasteiger charge is 2.08. The third-order valence-corrected chi connectivity index (χ3v) is 3.71. The molecule has 1 aromatic heterocycles. The van der Waals surface area contributed by atoms with Crippen LogP contribution in [-0.4, -0.2) is 4.98 Å². The maximum atomic E-state index is 5.85. The van der Waals surface area contributed by atoms with Gasteiger partial charge in [-0.05, 0) is 61.5 Å². The van der Waals surface area contributed by atoms with Crippen LogP contribution in [0.25, 0.3) is 10.8 Å². The van der Waals surface area contributed by atoms with Gasteiger partial charge in [0.2, 0.25) is 0 Å². The fourth-order valence-corrected chi connectivity index (χ4v) is 2.79. The Morgan fingerprint density at radius 2 is 1.67 bits per heavy atom. The van der Waals surface area contributed by atoms with Gasteiger partial charge in [0.05, 0.1) is 0 Å². The van der Waals surface area contributed by atoms with Crippen molar-refractivity contribution in [3.05, 3.63) is 59.3 Å². The van der Waals surface area contributed by atoms with E-state index >= 15 is 0 Å². The van der Waals surface area contributed by atoms with Crippen LogP contribution in [0.2, 0.25) is 0 Å². The fourth-order valence-electron chi connectivity index (χ4n) is 2.79. The number of nitrogens with one attached hydrogen (secondary N) is 1. The molecule has 3 rings (SSSR count). The highest BCUT2D eigenvalue weighted by Crippen LogP contribution is 2.29. The summed E-state index contributed by atoms with van der Waals surface area (Å²) in [6.07, 6.45) is 1.81. The molecule has 0 atom stereocenters. The number of nitrogens with zero attached hydrogens (tertiary/aromatic N) is 1. The first-order valence-electron chi connectivity index (χ1n) is 7.04. The van der Waals surface area contributed by atoms with Crippen LogP contribution in [-0.2, 0) is 0 Å². The zero-order valence-electron chi connectivity index (χ0n) is 12.6. The van der Waals surface area contributed by atoms with Crippen molar-refractivity contribution in [2.75, 3.05) is 11.1 Å². The minimum absolute atomic E-state index is 0.766. The summed E-state index contributed by atoms with van der Waals surface area (Å²) in [6.45, 7) is 6.35. The quantitative estimate of drug-likeness (QED) is 0.679. The predicted octanol–water partition coefficient (Wildman–Crippen LogP) is 4.49. The number of pyridine rings is 1. The van der Waals surface area contributed by atoms with Crippen molar-refractivity contribution >= 4 is 28.0 Å². The Morgan fingerprint density at radius 1 is 0.952 bits per heavy atom. The number of aromatic nitrogens is 1. The normalized spacial score (nSPS) is 10.8. The molecule has 0 saturated carbocycles. The van der Waals surface area contributed by atoms with E-state index in [4.69, 9.17) is 5.73 Å². The number of anilines is 3.